The van der Waals surface area contributed by atoms with Crippen LogP contribution in [0.4, 0.5) is 10.5 Å². The number of amides is 6. The number of hydrogen-bond donors (Lipinski definition) is 3. The van der Waals surface area contributed by atoms with Crippen LogP contribution >= 0.6 is 11.8 Å². The first-order chi connectivity index (χ1) is 17.0. The number of carboxylic acids is 1. The largest absolute Gasteiger partial charge is 0.480 e. The maximum Gasteiger partial charge on any atom is 0.331 e. The number of nitrogens with one attached hydrogen (secondary N) is 2. The predicted octanol–water partition coefficient (Wildman–Crippen LogP) is -0.234. The van der Waals surface area contributed by atoms with Crippen LogP contribution in [-0.4, -0.2) is 92.4 Å². The molecular formula is C23H27N5O7S. The zero-order valence-electron chi connectivity index (χ0n) is 20.0. The number of rotatable bonds is 6. The molecule has 3 fully saturated rings. The third-order valence-corrected chi connectivity index (χ3v) is 8.01. The van der Waals surface area contributed by atoms with Crippen molar-refractivity contribution in [3.05, 3.63) is 29.8 Å². The van der Waals surface area contributed by atoms with Crippen LogP contribution in [0, 0.1) is 0 Å². The fourth-order valence-electron chi connectivity index (χ4n) is 4.69. The van der Waals surface area contributed by atoms with Crippen molar-refractivity contribution in [2.75, 3.05) is 24.5 Å². The normalized spacial score (nSPS) is 24.5. The smallest absolute Gasteiger partial charge is 0.331 e. The number of piperazine rings is 1. The fourth-order valence-corrected chi connectivity index (χ4v) is 6.31. The topological polar surface area (TPSA) is 156 Å². The average Bonchev–Trinajstić information content (AvgIpc) is 3.08. The summed E-state index contributed by atoms with van der Waals surface area (Å²) in [5.74, 6) is -3.59. The zero-order chi connectivity index (χ0) is 26.4. The quantitative estimate of drug-likeness (QED) is 0.345. The molecule has 1 aromatic rings. The molecule has 3 saturated heterocycles. The van der Waals surface area contributed by atoms with Crippen LogP contribution in [0.3, 0.4) is 0 Å². The molecule has 3 atom stereocenters. The number of fused-ring (bicyclic) bond motifs is 1. The number of nitrogens with zero attached hydrogens (tertiary/aromatic N) is 3. The van der Waals surface area contributed by atoms with Gasteiger partial charge in [0.1, 0.15) is 17.5 Å². The minimum absolute atomic E-state index is 0.0158. The number of aliphatic carboxylic acids is 1. The first-order valence-corrected chi connectivity index (χ1v) is 12.4. The summed E-state index contributed by atoms with van der Waals surface area (Å²) in [6.45, 7) is 5.81. The molecule has 3 heterocycles. The van der Waals surface area contributed by atoms with Gasteiger partial charge in [-0.15, -0.1) is 11.8 Å². The number of hydrogen-bond acceptors (Lipinski definition) is 7. The van der Waals surface area contributed by atoms with Crippen LogP contribution in [0.25, 0.3) is 0 Å². The van der Waals surface area contributed by atoms with Gasteiger partial charge in [0.15, 0.2) is 0 Å². The van der Waals surface area contributed by atoms with Crippen LogP contribution < -0.4 is 15.5 Å². The van der Waals surface area contributed by atoms with Crippen molar-refractivity contribution in [1.29, 1.82) is 0 Å². The van der Waals surface area contributed by atoms with Crippen LogP contribution in [0.15, 0.2) is 24.3 Å². The molecule has 3 aliphatic rings. The van der Waals surface area contributed by atoms with E-state index in [4.69, 9.17) is 0 Å². The molecule has 36 heavy (non-hydrogen) atoms. The Morgan fingerprint density at radius 1 is 1.19 bits per heavy atom. The monoisotopic (exact) mass is 517 g/mol. The van der Waals surface area contributed by atoms with Crippen LogP contribution in [0.5, 0.6) is 0 Å². The summed E-state index contributed by atoms with van der Waals surface area (Å²) in [5.41, 5.74) is 1.14. The van der Waals surface area contributed by atoms with Crippen molar-refractivity contribution in [1.82, 2.24) is 20.4 Å². The average molecular weight is 518 g/mol. The minimum Gasteiger partial charge on any atom is -0.480 e. The molecule has 13 heteroatoms. The highest BCUT2D eigenvalue weighted by molar-refractivity contribution is 8.01. The van der Waals surface area contributed by atoms with E-state index in [0.29, 0.717) is 11.3 Å². The fraction of sp³-hybridized carbons (Fsp3) is 0.478. The molecule has 0 aromatic heterocycles. The van der Waals surface area contributed by atoms with Crippen molar-refractivity contribution in [3.8, 4) is 0 Å². The van der Waals surface area contributed by atoms with E-state index < -0.39 is 51.9 Å². The maximum atomic E-state index is 12.9. The van der Waals surface area contributed by atoms with Crippen molar-refractivity contribution in [2.45, 2.75) is 49.4 Å². The summed E-state index contributed by atoms with van der Waals surface area (Å²) in [7, 11) is 0. The van der Waals surface area contributed by atoms with Crippen LogP contribution in [0.1, 0.15) is 26.3 Å². The SMILES string of the molecule is CCN(C(=O)N1CCNC(=O)C1=O)c1ccc(CC(=O)N[C@@H]2C(=O)N3[C@@H]2SC(C)(C)[C@@H]3C(=O)O)cc1. The van der Waals surface area contributed by atoms with E-state index in [0.717, 1.165) is 4.90 Å². The molecule has 0 aliphatic carbocycles. The molecule has 1 aromatic carbocycles. The number of thioether (sulfide) groups is 1. The summed E-state index contributed by atoms with van der Waals surface area (Å²) < 4.78 is -0.674. The highest BCUT2D eigenvalue weighted by Gasteiger charge is 2.64. The summed E-state index contributed by atoms with van der Waals surface area (Å²) in [6, 6.07) is 4.28. The summed E-state index contributed by atoms with van der Waals surface area (Å²) in [5, 5.41) is 14.2. The molecule has 3 N–H and O–H groups in total. The van der Waals surface area contributed by atoms with Crippen molar-refractivity contribution >= 4 is 53.1 Å². The number of urea groups is 1. The van der Waals surface area contributed by atoms with E-state index in [1.54, 1.807) is 45.0 Å². The Kier molecular flexibility index (Phi) is 6.69. The number of imide groups is 1. The van der Waals surface area contributed by atoms with E-state index in [2.05, 4.69) is 10.6 Å². The molecule has 0 radical (unpaired) electrons. The molecule has 0 saturated carbocycles. The van der Waals surface area contributed by atoms with E-state index in [1.807, 2.05) is 0 Å². The van der Waals surface area contributed by atoms with Gasteiger partial charge >= 0.3 is 23.8 Å². The van der Waals surface area contributed by atoms with Gasteiger partial charge in [0.2, 0.25) is 11.8 Å². The molecular weight excluding hydrogens is 490 g/mol. The second kappa shape index (κ2) is 9.45. The Bertz CT molecular complexity index is 1140. The Morgan fingerprint density at radius 2 is 1.86 bits per heavy atom. The van der Waals surface area contributed by atoms with Gasteiger partial charge in [0.05, 0.1) is 6.42 Å². The van der Waals surface area contributed by atoms with Crippen molar-refractivity contribution < 1.29 is 33.9 Å². The predicted molar refractivity (Wildman–Crippen MR) is 129 cm³/mol. The molecule has 0 bridgehead atoms. The third kappa shape index (κ3) is 4.38. The third-order valence-electron chi connectivity index (χ3n) is 6.44. The standard InChI is InChI=1S/C23H27N5O7S/c1-4-26(22(35)27-10-9-24-17(30)19(27)32)13-7-5-12(6-8-13)11-14(29)25-15-18(31)28-16(21(33)34)23(2,3)36-20(15)28/h5-8,15-16,20H,4,9-11H2,1-3H3,(H,24,30)(H,25,29)(H,33,34)/t15-,16+,20-/m1/s1. The first kappa shape index (κ1) is 25.5. The Labute approximate surface area is 211 Å². The lowest BCUT2D eigenvalue weighted by Crippen LogP contribution is -2.70. The van der Waals surface area contributed by atoms with Crippen LogP contribution in [0.2, 0.25) is 0 Å². The molecule has 0 unspecified atom stereocenters. The summed E-state index contributed by atoms with van der Waals surface area (Å²) in [4.78, 5) is 76.9. The van der Waals surface area contributed by atoms with Gasteiger partial charge < -0.3 is 20.6 Å². The number of β-lactam (4-membered cyclic amide) rings is 1. The van der Waals surface area contributed by atoms with Gasteiger partial charge in [-0.3, -0.25) is 29.0 Å². The Balaban J connectivity index is 1.37. The van der Waals surface area contributed by atoms with Gasteiger partial charge in [-0.2, -0.15) is 0 Å². The lowest BCUT2D eigenvalue weighted by atomic mass is 9.96. The van der Waals surface area contributed by atoms with Gasteiger partial charge in [0, 0.05) is 30.1 Å². The Morgan fingerprint density at radius 3 is 2.47 bits per heavy atom. The molecule has 192 valence electrons. The number of anilines is 1. The maximum absolute atomic E-state index is 12.9. The van der Waals surface area contributed by atoms with Gasteiger partial charge in [-0.05, 0) is 38.5 Å². The highest BCUT2D eigenvalue weighted by Crippen LogP contribution is 2.50. The molecule has 6 amide bonds. The van der Waals surface area contributed by atoms with Gasteiger partial charge in [-0.1, -0.05) is 12.1 Å². The van der Waals surface area contributed by atoms with Crippen molar-refractivity contribution in [3.63, 3.8) is 0 Å². The number of carbonyl (C=O) groups excluding carboxylic acids is 5. The number of carbonyl (C=O) groups is 6. The molecule has 3 aliphatic heterocycles. The van der Waals surface area contributed by atoms with E-state index in [1.165, 1.54) is 21.6 Å². The van der Waals surface area contributed by atoms with E-state index in [9.17, 15) is 33.9 Å². The number of carboxylic acid groups (broad SMARTS) is 1. The molecule has 0 spiro atoms. The van der Waals surface area contributed by atoms with Gasteiger partial charge in [-0.25, -0.2) is 9.59 Å². The summed E-state index contributed by atoms with van der Waals surface area (Å²) >= 11 is 1.36. The van der Waals surface area contributed by atoms with Crippen molar-refractivity contribution in [2.24, 2.45) is 0 Å². The lowest BCUT2D eigenvalue weighted by molar-refractivity contribution is -0.161. The summed E-state index contributed by atoms with van der Waals surface area (Å²) in [6.07, 6.45) is -0.0158. The molecule has 12 nitrogen and oxygen atoms in total. The van der Waals surface area contributed by atoms with Crippen LogP contribution in [-0.2, 0) is 30.4 Å². The van der Waals surface area contributed by atoms with E-state index in [-0.39, 0.29) is 32.0 Å². The highest BCUT2D eigenvalue weighted by atomic mass is 32.2. The zero-order valence-corrected chi connectivity index (χ0v) is 20.8. The van der Waals surface area contributed by atoms with Gasteiger partial charge in [0.25, 0.3) is 0 Å². The Hall–Kier alpha value is -3.61. The molecule has 4 rings (SSSR count). The first-order valence-electron chi connectivity index (χ1n) is 11.5. The lowest BCUT2D eigenvalue weighted by Gasteiger charge is -2.43. The second-order valence-electron chi connectivity index (χ2n) is 9.23. The minimum atomic E-state index is -1.07. The number of benzene rings is 1. The second-order valence-corrected chi connectivity index (χ2v) is 11.0. The van der Waals surface area contributed by atoms with E-state index >= 15 is 0 Å².